The summed E-state index contributed by atoms with van der Waals surface area (Å²) in [5.74, 6) is -0.0814. The van der Waals surface area contributed by atoms with Crippen molar-refractivity contribution in [3.63, 3.8) is 0 Å². The summed E-state index contributed by atoms with van der Waals surface area (Å²) in [7, 11) is 0. The first-order chi connectivity index (χ1) is 10.1. The first-order valence-corrected chi connectivity index (χ1v) is 7.47. The molecule has 0 spiro atoms. The number of aryl methyl sites for hydroxylation is 1. The number of imide groups is 1. The zero-order chi connectivity index (χ0) is 14.8. The summed E-state index contributed by atoms with van der Waals surface area (Å²) in [6.07, 6.45) is 0.333. The lowest BCUT2D eigenvalue weighted by Gasteiger charge is -2.27. The van der Waals surface area contributed by atoms with Gasteiger partial charge in [-0.05, 0) is 12.5 Å². The van der Waals surface area contributed by atoms with Crippen LogP contribution in [0.2, 0.25) is 0 Å². The normalized spacial score (nSPS) is 23.9. The van der Waals surface area contributed by atoms with Crippen LogP contribution in [0.3, 0.4) is 0 Å². The average Bonchev–Trinajstić information content (AvgIpc) is 2.78. The Labute approximate surface area is 124 Å². The number of rotatable bonds is 3. The number of morpholine rings is 1. The average molecular weight is 289 g/mol. The van der Waals surface area contributed by atoms with Crippen molar-refractivity contribution in [2.75, 3.05) is 26.3 Å². The monoisotopic (exact) mass is 289 g/mol. The van der Waals surface area contributed by atoms with Crippen LogP contribution < -0.4 is 4.90 Å². The molecule has 2 amide bonds. The zero-order valence-electron chi connectivity index (χ0n) is 12.3. The SMILES string of the molecule is Cc1ccc(CN2C(=O)C[C@H]([NH+]3CCOCC3)C2=O)cc1. The highest BCUT2D eigenvalue weighted by Crippen LogP contribution is 2.16. The summed E-state index contributed by atoms with van der Waals surface area (Å²) < 4.78 is 5.32. The molecule has 2 aliphatic heterocycles. The summed E-state index contributed by atoms with van der Waals surface area (Å²) >= 11 is 0. The maximum absolute atomic E-state index is 12.5. The Morgan fingerprint density at radius 3 is 2.52 bits per heavy atom. The summed E-state index contributed by atoms with van der Waals surface area (Å²) in [6, 6.07) is 7.75. The van der Waals surface area contributed by atoms with Crippen molar-refractivity contribution in [3.05, 3.63) is 35.4 Å². The van der Waals surface area contributed by atoms with Gasteiger partial charge in [0.1, 0.15) is 13.1 Å². The van der Waals surface area contributed by atoms with Gasteiger partial charge in [0.2, 0.25) is 5.91 Å². The van der Waals surface area contributed by atoms with E-state index in [1.807, 2.05) is 31.2 Å². The van der Waals surface area contributed by atoms with E-state index in [1.165, 1.54) is 15.4 Å². The summed E-state index contributed by atoms with van der Waals surface area (Å²) in [5, 5.41) is 0. The number of hydrogen-bond acceptors (Lipinski definition) is 3. The molecule has 0 aliphatic carbocycles. The van der Waals surface area contributed by atoms with Crippen LogP contribution in [0.5, 0.6) is 0 Å². The largest absolute Gasteiger partial charge is 0.370 e. The number of ether oxygens (including phenoxy) is 1. The second kappa shape index (κ2) is 5.95. The van der Waals surface area contributed by atoms with Crippen molar-refractivity contribution in [3.8, 4) is 0 Å². The minimum absolute atomic E-state index is 0.0301. The van der Waals surface area contributed by atoms with Crippen LogP contribution in [0.4, 0.5) is 0 Å². The van der Waals surface area contributed by atoms with E-state index in [1.54, 1.807) is 0 Å². The molecule has 3 rings (SSSR count). The van der Waals surface area contributed by atoms with Crippen molar-refractivity contribution in [1.82, 2.24) is 4.90 Å². The fourth-order valence-electron chi connectivity index (χ4n) is 3.03. The van der Waals surface area contributed by atoms with Crippen molar-refractivity contribution in [2.45, 2.75) is 25.9 Å². The Kier molecular flexibility index (Phi) is 4.03. The van der Waals surface area contributed by atoms with Crippen molar-refractivity contribution in [1.29, 1.82) is 0 Å². The Balaban J connectivity index is 1.69. The van der Waals surface area contributed by atoms with E-state index in [4.69, 9.17) is 4.74 Å². The van der Waals surface area contributed by atoms with Crippen LogP contribution in [-0.2, 0) is 20.9 Å². The number of hydrogen-bond donors (Lipinski definition) is 1. The number of likely N-dealkylation sites (tertiary alicyclic amines) is 1. The van der Waals surface area contributed by atoms with Gasteiger partial charge in [-0.15, -0.1) is 0 Å². The summed E-state index contributed by atoms with van der Waals surface area (Å²) in [6.45, 7) is 5.37. The molecule has 1 N–H and O–H groups in total. The number of nitrogens with zero attached hydrogens (tertiary/aromatic N) is 1. The van der Waals surface area contributed by atoms with E-state index in [0.717, 1.165) is 18.7 Å². The summed E-state index contributed by atoms with van der Waals surface area (Å²) in [5.41, 5.74) is 2.17. The molecule has 5 heteroatoms. The predicted octanol–water partition coefficient (Wildman–Crippen LogP) is -0.462. The van der Waals surface area contributed by atoms with Crippen molar-refractivity contribution >= 4 is 11.8 Å². The third-order valence-corrected chi connectivity index (χ3v) is 4.33. The van der Waals surface area contributed by atoms with Crippen LogP contribution in [0.15, 0.2) is 24.3 Å². The lowest BCUT2D eigenvalue weighted by atomic mass is 10.1. The quantitative estimate of drug-likeness (QED) is 0.766. The van der Waals surface area contributed by atoms with Gasteiger partial charge in [0, 0.05) is 0 Å². The van der Waals surface area contributed by atoms with Crippen LogP contribution in [0.25, 0.3) is 0 Å². The van der Waals surface area contributed by atoms with E-state index in [-0.39, 0.29) is 17.9 Å². The molecule has 2 fully saturated rings. The fraction of sp³-hybridized carbons (Fsp3) is 0.500. The number of carbonyl (C=O) groups is 2. The number of nitrogens with one attached hydrogen (secondary N) is 1. The number of quaternary nitrogens is 1. The zero-order valence-corrected chi connectivity index (χ0v) is 12.3. The Hall–Kier alpha value is -1.72. The molecule has 21 heavy (non-hydrogen) atoms. The molecule has 112 valence electrons. The minimum Gasteiger partial charge on any atom is -0.370 e. The molecule has 0 unspecified atom stereocenters. The Morgan fingerprint density at radius 1 is 1.19 bits per heavy atom. The van der Waals surface area contributed by atoms with Crippen molar-refractivity contribution in [2.24, 2.45) is 0 Å². The standard InChI is InChI=1S/C16H20N2O3/c1-12-2-4-13(5-3-12)11-18-15(19)10-14(16(18)20)17-6-8-21-9-7-17/h2-5,14H,6-11H2,1H3/p+1/t14-/m0/s1. The van der Waals surface area contributed by atoms with Crippen LogP contribution in [0, 0.1) is 6.92 Å². The fourth-order valence-corrected chi connectivity index (χ4v) is 3.03. The van der Waals surface area contributed by atoms with E-state index in [9.17, 15) is 9.59 Å². The van der Waals surface area contributed by atoms with Gasteiger partial charge in [0.15, 0.2) is 6.04 Å². The number of benzene rings is 1. The molecule has 1 aromatic carbocycles. The highest BCUT2D eigenvalue weighted by molar-refractivity contribution is 6.04. The topological polar surface area (TPSA) is 51.1 Å². The van der Waals surface area contributed by atoms with Gasteiger partial charge in [-0.2, -0.15) is 0 Å². The molecule has 2 aliphatic rings. The molecular weight excluding hydrogens is 268 g/mol. The van der Waals surface area contributed by atoms with E-state index < -0.39 is 0 Å². The first-order valence-electron chi connectivity index (χ1n) is 7.47. The Bertz CT molecular complexity index is 535. The number of amides is 2. The lowest BCUT2D eigenvalue weighted by Crippen LogP contribution is -3.18. The van der Waals surface area contributed by atoms with Crippen LogP contribution >= 0.6 is 0 Å². The first kappa shape index (κ1) is 14.2. The van der Waals surface area contributed by atoms with Gasteiger partial charge in [0.25, 0.3) is 5.91 Å². The van der Waals surface area contributed by atoms with Crippen LogP contribution in [0.1, 0.15) is 17.5 Å². The molecular formula is C16H21N2O3+. The number of carbonyl (C=O) groups excluding carboxylic acids is 2. The molecule has 0 aromatic heterocycles. The van der Waals surface area contributed by atoms with Gasteiger partial charge in [-0.3, -0.25) is 14.5 Å². The summed E-state index contributed by atoms with van der Waals surface area (Å²) in [4.78, 5) is 27.3. The van der Waals surface area contributed by atoms with E-state index in [0.29, 0.717) is 26.2 Å². The molecule has 1 atom stereocenters. The molecule has 0 bridgehead atoms. The van der Waals surface area contributed by atoms with E-state index >= 15 is 0 Å². The third kappa shape index (κ3) is 2.99. The van der Waals surface area contributed by atoms with Gasteiger partial charge in [-0.1, -0.05) is 29.8 Å². The molecule has 0 radical (unpaired) electrons. The molecule has 2 saturated heterocycles. The van der Waals surface area contributed by atoms with Gasteiger partial charge < -0.3 is 9.64 Å². The smallest absolute Gasteiger partial charge is 0.288 e. The van der Waals surface area contributed by atoms with Gasteiger partial charge in [-0.25, -0.2) is 0 Å². The highest BCUT2D eigenvalue weighted by atomic mass is 16.5. The maximum atomic E-state index is 12.5. The maximum Gasteiger partial charge on any atom is 0.288 e. The molecule has 5 nitrogen and oxygen atoms in total. The lowest BCUT2D eigenvalue weighted by molar-refractivity contribution is -0.922. The van der Waals surface area contributed by atoms with Crippen LogP contribution in [-0.4, -0.2) is 49.1 Å². The third-order valence-electron chi connectivity index (χ3n) is 4.33. The predicted molar refractivity (Wildman–Crippen MR) is 76.7 cm³/mol. The molecule has 1 aromatic rings. The molecule has 2 heterocycles. The second-order valence-corrected chi connectivity index (χ2v) is 5.83. The Morgan fingerprint density at radius 2 is 1.86 bits per heavy atom. The van der Waals surface area contributed by atoms with Gasteiger partial charge in [0.05, 0.1) is 26.2 Å². The highest BCUT2D eigenvalue weighted by Gasteiger charge is 2.45. The van der Waals surface area contributed by atoms with Crippen molar-refractivity contribution < 1.29 is 19.2 Å². The van der Waals surface area contributed by atoms with Gasteiger partial charge >= 0.3 is 0 Å². The molecule has 0 saturated carbocycles. The van der Waals surface area contributed by atoms with E-state index in [2.05, 4.69) is 0 Å². The second-order valence-electron chi connectivity index (χ2n) is 5.83. The minimum atomic E-state index is -0.216.